The molecule has 0 atom stereocenters. The Kier molecular flexibility index (Phi) is 5.83. The van der Waals surface area contributed by atoms with E-state index in [0.717, 1.165) is 16.3 Å². The van der Waals surface area contributed by atoms with Gasteiger partial charge in [-0.15, -0.1) is 0 Å². The molecule has 0 saturated carbocycles. The minimum Gasteiger partial charge on any atom is -0.490 e. The van der Waals surface area contributed by atoms with Crippen molar-refractivity contribution in [3.8, 4) is 11.5 Å². The molecule has 0 aliphatic heterocycles. The maximum Gasteiger partial charge on any atom is 0.277 e. The standard InChI is InChI=1S/C21H20N2O3/c1-2-25-19-12-5-6-13-20(19)26-15-21(24)23-22-14-17-10-7-9-16-8-3-4-11-18(16)17/h3-14H,2,15H2,1H3,(H,23,24)/b22-14+. The lowest BCUT2D eigenvalue weighted by Gasteiger charge is -2.10. The molecule has 0 aliphatic rings. The van der Waals surface area contributed by atoms with Crippen molar-refractivity contribution >= 4 is 22.9 Å². The highest BCUT2D eigenvalue weighted by Gasteiger charge is 2.06. The molecule has 0 aliphatic carbocycles. The number of nitrogens with zero attached hydrogens (tertiary/aromatic N) is 1. The van der Waals surface area contributed by atoms with Gasteiger partial charge in [0.2, 0.25) is 0 Å². The van der Waals surface area contributed by atoms with E-state index in [1.807, 2.05) is 61.5 Å². The normalized spacial score (nSPS) is 10.8. The Hall–Kier alpha value is -3.34. The van der Waals surface area contributed by atoms with Crippen molar-refractivity contribution in [1.82, 2.24) is 5.43 Å². The predicted octanol–water partition coefficient (Wildman–Crippen LogP) is 3.77. The molecular formula is C21H20N2O3. The van der Waals surface area contributed by atoms with E-state index >= 15 is 0 Å². The van der Waals surface area contributed by atoms with Crippen LogP contribution in [0.2, 0.25) is 0 Å². The van der Waals surface area contributed by atoms with E-state index in [-0.39, 0.29) is 12.5 Å². The smallest absolute Gasteiger partial charge is 0.277 e. The van der Waals surface area contributed by atoms with Crippen LogP contribution in [0.1, 0.15) is 12.5 Å². The van der Waals surface area contributed by atoms with Gasteiger partial charge in [-0.2, -0.15) is 5.10 Å². The highest BCUT2D eigenvalue weighted by Crippen LogP contribution is 2.26. The summed E-state index contributed by atoms with van der Waals surface area (Å²) in [6, 6.07) is 21.2. The molecule has 0 aromatic heterocycles. The van der Waals surface area contributed by atoms with Crippen molar-refractivity contribution < 1.29 is 14.3 Å². The number of amides is 1. The maximum absolute atomic E-state index is 11.9. The minimum atomic E-state index is -0.340. The highest BCUT2D eigenvalue weighted by atomic mass is 16.5. The van der Waals surface area contributed by atoms with Crippen LogP contribution in [0.5, 0.6) is 11.5 Å². The molecule has 5 nitrogen and oxygen atoms in total. The topological polar surface area (TPSA) is 59.9 Å². The largest absolute Gasteiger partial charge is 0.490 e. The molecule has 0 bridgehead atoms. The first-order chi connectivity index (χ1) is 12.8. The molecule has 3 rings (SSSR count). The van der Waals surface area contributed by atoms with Gasteiger partial charge in [-0.1, -0.05) is 54.6 Å². The van der Waals surface area contributed by atoms with Crippen LogP contribution in [0.15, 0.2) is 71.8 Å². The third-order valence-corrected chi connectivity index (χ3v) is 3.72. The van der Waals surface area contributed by atoms with Crippen LogP contribution in [0, 0.1) is 0 Å². The number of hydrogen-bond acceptors (Lipinski definition) is 4. The third kappa shape index (κ3) is 4.39. The predicted molar refractivity (Wildman–Crippen MR) is 103 cm³/mol. The summed E-state index contributed by atoms with van der Waals surface area (Å²) in [6.45, 7) is 2.28. The van der Waals surface area contributed by atoms with E-state index in [0.29, 0.717) is 18.1 Å². The lowest BCUT2D eigenvalue weighted by Crippen LogP contribution is -2.24. The van der Waals surface area contributed by atoms with Crippen molar-refractivity contribution in [3.63, 3.8) is 0 Å². The van der Waals surface area contributed by atoms with Crippen LogP contribution in [-0.2, 0) is 4.79 Å². The fourth-order valence-corrected chi connectivity index (χ4v) is 2.56. The lowest BCUT2D eigenvalue weighted by atomic mass is 10.1. The zero-order chi connectivity index (χ0) is 18.2. The van der Waals surface area contributed by atoms with Crippen LogP contribution in [0.3, 0.4) is 0 Å². The summed E-state index contributed by atoms with van der Waals surface area (Å²) in [5, 5.41) is 6.23. The number of carbonyl (C=O) groups excluding carboxylic acids is 1. The Morgan fingerprint density at radius 2 is 1.65 bits per heavy atom. The van der Waals surface area contributed by atoms with Gasteiger partial charge in [0.25, 0.3) is 5.91 Å². The average molecular weight is 348 g/mol. The third-order valence-electron chi connectivity index (χ3n) is 3.72. The highest BCUT2D eigenvalue weighted by molar-refractivity contribution is 5.99. The van der Waals surface area contributed by atoms with Gasteiger partial charge in [-0.25, -0.2) is 5.43 Å². The Balaban J connectivity index is 1.58. The second-order valence-corrected chi connectivity index (χ2v) is 5.53. The number of rotatable bonds is 7. The zero-order valence-corrected chi connectivity index (χ0v) is 14.5. The average Bonchev–Trinajstić information content (AvgIpc) is 2.68. The van der Waals surface area contributed by atoms with E-state index in [9.17, 15) is 4.79 Å². The second-order valence-electron chi connectivity index (χ2n) is 5.53. The summed E-state index contributed by atoms with van der Waals surface area (Å²) in [6.07, 6.45) is 1.63. The Morgan fingerprint density at radius 3 is 2.46 bits per heavy atom. The molecular weight excluding hydrogens is 328 g/mol. The summed E-state index contributed by atoms with van der Waals surface area (Å²) >= 11 is 0. The van der Waals surface area contributed by atoms with Crippen molar-refractivity contribution in [2.75, 3.05) is 13.2 Å². The van der Waals surface area contributed by atoms with Crippen LogP contribution in [0.4, 0.5) is 0 Å². The monoisotopic (exact) mass is 348 g/mol. The van der Waals surface area contributed by atoms with Crippen LogP contribution >= 0.6 is 0 Å². The maximum atomic E-state index is 11.9. The summed E-state index contributed by atoms with van der Waals surface area (Å²) < 4.78 is 11.0. The van der Waals surface area contributed by atoms with Gasteiger partial charge in [0, 0.05) is 5.56 Å². The zero-order valence-electron chi connectivity index (χ0n) is 14.5. The number of hydrogen-bond donors (Lipinski definition) is 1. The van der Waals surface area contributed by atoms with E-state index in [1.54, 1.807) is 18.3 Å². The van der Waals surface area contributed by atoms with Crippen LogP contribution < -0.4 is 14.9 Å². The number of hydrazone groups is 1. The minimum absolute atomic E-state index is 0.142. The van der Waals surface area contributed by atoms with Crippen molar-refractivity contribution in [3.05, 3.63) is 72.3 Å². The van der Waals surface area contributed by atoms with E-state index in [2.05, 4.69) is 10.5 Å². The fraction of sp³-hybridized carbons (Fsp3) is 0.143. The first kappa shape index (κ1) is 17.5. The summed E-state index contributed by atoms with van der Waals surface area (Å²) in [5.74, 6) is 0.803. The first-order valence-electron chi connectivity index (χ1n) is 8.42. The Labute approximate surface area is 152 Å². The molecule has 0 spiro atoms. The Morgan fingerprint density at radius 1 is 0.962 bits per heavy atom. The summed E-state index contributed by atoms with van der Waals surface area (Å²) in [7, 11) is 0. The summed E-state index contributed by atoms with van der Waals surface area (Å²) in [4.78, 5) is 11.9. The molecule has 132 valence electrons. The van der Waals surface area contributed by atoms with Gasteiger partial charge in [-0.3, -0.25) is 4.79 Å². The molecule has 3 aromatic carbocycles. The van der Waals surface area contributed by atoms with Gasteiger partial charge >= 0.3 is 0 Å². The van der Waals surface area contributed by atoms with Crippen molar-refractivity contribution in [2.45, 2.75) is 6.92 Å². The molecule has 0 radical (unpaired) electrons. The first-order valence-corrected chi connectivity index (χ1v) is 8.42. The van der Waals surface area contributed by atoms with Gasteiger partial charge < -0.3 is 9.47 Å². The lowest BCUT2D eigenvalue weighted by molar-refractivity contribution is -0.123. The van der Waals surface area contributed by atoms with E-state index in [4.69, 9.17) is 9.47 Å². The van der Waals surface area contributed by atoms with Crippen molar-refractivity contribution in [2.24, 2.45) is 5.10 Å². The molecule has 1 amide bonds. The van der Waals surface area contributed by atoms with Gasteiger partial charge in [0.15, 0.2) is 18.1 Å². The molecule has 1 N–H and O–H groups in total. The number of fused-ring (bicyclic) bond motifs is 1. The SMILES string of the molecule is CCOc1ccccc1OCC(=O)N/N=C/c1cccc2ccccc12. The molecule has 5 heteroatoms. The van der Waals surface area contributed by atoms with Crippen LogP contribution in [0.25, 0.3) is 10.8 Å². The summed E-state index contributed by atoms with van der Waals surface area (Å²) in [5.41, 5.74) is 3.42. The second kappa shape index (κ2) is 8.67. The fourth-order valence-electron chi connectivity index (χ4n) is 2.56. The number of nitrogens with one attached hydrogen (secondary N) is 1. The Bertz CT molecular complexity index is 917. The molecule has 0 unspecified atom stereocenters. The quantitative estimate of drug-likeness (QED) is 0.522. The molecule has 3 aromatic rings. The van der Waals surface area contributed by atoms with Gasteiger partial charge in [0.1, 0.15) is 0 Å². The van der Waals surface area contributed by atoms with Gasteiger partial charge in [0.05, 0.1) is 12.8 Å². The molecule has 0 fully saturated rings. The van der Waals surface area contributed by atoms with Crippen molar-refractivity contribution in [1.29, 1.82) is 0 Å². The number of benzene rings is 3. The number of carbonyl (C=O) groups is 1. The molecule has 0 saturated heterocycles. The number of ether oxygens (including phenoxy) is 2. The molecule has 0 heterocycles. The number of para-hydroxylation sites is 2. The molecule has 26 heavy (non-hydrogen) atoms. The van der Waals surface area contributed by atoms with E-state index in [1.165, 1.54) is 0 Å². The van der Waals surface area contributed by atoms with Crippen LogP contribution in [-0.4, -0.2) is 25.3 Å². The van der Waals surface area contributed by atoms with E-state index < -0.39 is 0 Å². The van der Waals surface area contributed by atoms with Gasteiger partial charge in [-0.05, 0) is 29.8 Å².